The molecule has 0 unspecified atom stereocenters. The molecule has 0 aliphatic carbocycles. The van der Waals surface area contributed by atoms with Gasteiger partial charge in [0.05, 0.1) is 8.31 Å². The van der Waals surface area contributed by atoms with E-state index in [2.05, 4.69) is 76.2 Å². The van der Waals surface area contributed by atoms with Crippen molar-refractivity contribution in [2.24, 2.45) is 0 Å². The first-order valence-electron chi connectivity index (χ1n) is 6.66. The minimum absolute atomic E-state index is 0.103. The highest BCUT2D eigenvalue weighted by atomic mass is 30.1. The Bertz CT molecular complexity index is 339. The molecule has 5 heteroatoms. The van der Waals surface area contributed by atoms with Crippen LogP contribution in [0.1, 0.15) is 0 Å². The van der Waals surface area contributed by atoms with E-state index >= 15 is 0 Å². The third-order valence-corrected chi connectivity index (χ3v) is 79.2. The summed E-state index contributed by atoms with van der Waals surface area (Å²) in [4.78, 5) is 0. The number of hydrogen-bond donors (Lipinski definition) is 0. The largest absolute Gasteiger partial charge is 0.0739 e. The van der Waals surface area contributed by atoms with E-state index in [1.54, 1.807) is 5.19 Å². The minimum atomic E-state index is -0.964. The van der Waals surface area contributed by atoms with Gasteiger partial charge in [-0.25, -0.2) is 0 Å². The summed E-state index contributed by atoms with van der Waals surface area (Å²) in [6.45, 7) is 18.4. The van der Waals surface area contributed by atoms with Gasteiger partial charge in [0.15, 0.2) is 0 Å². The van der Waals surface area contributed by atoms with Crippen molar-refractivity contribution in [1.82, 2.24) is 0 Å². The Hall–Kier alpha value is 0.304. The predicted octanol–water partition coefficient (Wildman–Crippen LogP) is 3.04. The Balaban J connectivity index is 3.27. The Morgan fingerprint density at radius 2 is 1.06 bits per heavy atom. The number of rotatable bonds is 5. The van der Waals surface area contributed by atoms with Crippen LogP contribution in [-0.2, 0) is 0 Å². The molecule has 0 aliphatic heterocycles. The van der Waals surface area contributed by atoms with Crippen LogP contribution in [0.5, 0.6) is 0 Å². The van der Waals surface area contributed by atoms with Gasteiger partial charge in [0.25, 0.3) is 0 Å². The molecule has 0 N–H and O–H groups in total. The van der Waals surface area contributed by atoms with Gasteiger partial charge < -0.3 is 0 Å². The van der Waals surface area contributed by atoms with Crippen LogP contribution in [0.3, 0.4) is 0 Å². The topological polar surface area (TPSA) is 0 Å². The summed E-state index contributed by atoms with van der Waals surface area (Å²) in [7, 11) is -0.597. The molecule has 18 heavy (non-hydrogen) atoms. The standard InChI is InChI=1S/C13H26Si5/c1-14(2)18(15(3)4,16(5)6)17(7)13-11-9-8-10-12-13/h8-12H,1-7H3. The predicted molar refractivity (Wildman–Crippen MR) is 95.9 cm³/mol. The van der Waals surface area contributed by atoms with Crippen LogP contribution in [0.2, 0.25) is 45.8 Å². The second-order valence-corrected chi connectivity index (χ2v) is 44.3. The van der Waals surface area contributed by atoms with Gasteiger partial charge in [-0.05, 0) is 0 Å². The molecule has 0 nitrogen and oxygen atoms in total. The van der Waals surface area contributed by atoms with Crippen molar-refractivity contribution < 1.29 is 0 Å². The first kappa shape index (κ1) is 16.4. The molecule has 0 bridgehead atoms. The summed E-state index contributed by atoms with van der Waals surface area (Å²) in [6.07, 6.45) is -0.964. The second kappa shape index (κ2) is 6.65. The molecule has 1 rings (SSSR count). The lowest BCUT2D eigenvalue weighted by atomic mass is 10.4. The normalized spacial score (nSPS) is 13.1. The molecule has 0 saturated heterocycles. The van der Waals surface area contributed by atoms with Crippen LogP contribution in [0, 0.1) is 0 Å². The van der Waals surface area contributed by atoms with Gasteiger partial charge in [-0.2, -0.15) is 0 Å². The van der Waals surface area contributed by atoms with Gasteiger partial charge >= 0.3 is 0 Å². The van der Waals surface area contributed by atoms with Gasteiger partial charge in [-0.1, -0.05) is 81.3 Å². The van der Waals surface area contributed by atoms with Crippen molar-refractivity contribution in [2.45, 2.75) is 45.8 Å². The lowest BCUT2D eigenvalue weighted by molar-refractivity contribution is 1.76. The zero-order valence-electron chi connectivity index (χ0n) is 12.9. The summed E-state index contributed by atoms with van der Waals surface area (Å²) >= 11 is 0. The van der Waals surface area contributed by atoms with Crippen molar-refractivity contribution in [2.75, 3.05) is 0 Å². The van der Waals surface area contributed by atoms with Crippen LogP contribution in [0.4, 0.5) is 0 Å². The smallest absolute Gasteiger partial charge is 0.0660 e. The lowest BCUT2D eigenvalue weighted by Gasteiger charge is -2.45. The molecule has 0 heterocycles. The molecule has 1 aromatic rings. The second-order valence-electron chi connectivity index (χ2n) is 5.74. The zero-order valence-corrected chi connectivity index (χ0v) is 17.9. The Labute approximate surface area is 120 Å². The summed E-state index contributed by atoms with van der Waals surface area (Å²) in [5, 5.41) is 1.72. The highest BCUT2D eigenvalue weighted by Crippen LogP contribution is 2.20. The fraction of sp³-hybridized carbons (Fsp3) is 0.538. The third kappa shape index (κ3) is 2.90. The molecule has 0 saturated carbocycles. The SMILES string of the molecule is C[Si](C)[Si]([Si](C)C)([Si](C)C)[Si](C)c1ccccc1. The highest BCUT2D eigenvalue weighted by molar-refractivity contribution is 7.97. The van der Waals surface area contributed by atoms with Crippen molar-refractivity contribution in [3.63, 3.8) is 0 Å². The Morgan fingerprint density at radius 1 is 0.667 bits per heavy atom. The molecule has 0 spiro atoms. The van der Waals surface area contributed by atoms with E-state index in [1.807, 2.05) is 0 Å². The van der Waals surface area contributed by atoms with Crippen molar-refractivity contribution in [1.29, 1.82) is 0 Å². The molecule has 0 fully saturated rings. The zero-order chi connectivity index (χ0) is 13.9. The third-order valence-electron chi connectivity index (χ3n) is 4.02. The van der Waals surface area contributed by atoms with E-state index in [4.69, 9.17) is 0 Å². The molecule has 98 valence electrons. The van der Waals surface area contributed by atoms with Crippen molar-refractivity contribution in [3.8, 4) is 0 Å². The number of hydrogen-bond acceptors (Lipinski definition) is 0. The highest BCUT2D eigenvalue weighted by Gasteiger charge is 2.49. The molecule has 0 aliphatic rings. The minimum Gasteiger partial charge on any atom is -0.0739 e. The van der Waals surface area contributed by atoms with Gasteiger partial charge in [-0.3, -0.25) is 0 Å². The maximum absolute atomic E-state index is 2.65. The van der Waals surface area contributed by atoms with Crippen molar-refractivity contribution in [3.05, 3.63) is 30.3 Å². The first-order chi connectivity index (χ1) is 8.35. The summed E-state index contributed by atoms with van der Waals surface area (Å²) < 4.78 is 0. The van der Waals surface area contributed by atoms with Crippen LogP contribution < -0.4 is 5.19 Å². The summed E-state index contributed by atoms with van der Waals surface area (Å²) in [6, 6.07) is 11.5. The summed E-state index contributed by atoms with van der Waals surface area (Å²) in [5.41, 5.74) is 0. The van der Waals surface area contributed by atoms with Gasteiger partial charge in [0, 0.05) is 31.1 Å². The van der Waals surface area contributed by atoms with Crippen LogP contribution in [-0.4, -0.2) is 39.4 Å². The Kier molecular flexibility index (Phi) is 6.04. The van der Waals surface area contributed by atoms with E-state index in [0.717, 1.165) is 0 Å². The van der Waals surface area contributed by atoms with E-state index < -0.39 is 6.14 Å². The lowest BCUT2D eigenvalue weighted by Crippen LogP contribution is -2.78. The quantitative estimate of drug-likeness (QED) is 0.731. The maximum Gasteiger partial charge on any atom is 0.0660 e. The molecule has 0 aromatic heterocycles. The van der Waals surface area contributed by atoms with Gasteiger partial charge in [0.2, 0.25) is 0 Å². The average Bonchev–Trinajstić information content (AvgIpc) is 2.29. The van der Waals surface area contributed by atoms with Crippen LogP contribution >= 0.6 is 0 Å². The molecule has 0 atom stereocenters. The van der Waals surface area contributed by atoms with E-state index in [1.165, 1.54) is 0 Å². The molecular formula is C13H26Si5. The summed E-state index contributed by atoms with van der Waals surface area (Å²) in [5.74, 6) is 0. The molecule has 4 radical (unpaired) electrons. The molecule has 1 aromatic carbocycles. The van der Waals surface area contributed by atoms with E-state index in [0.29, 0.717) is 0 Å². The van der Waals surface area contributed by atoms with Gasteiger partial charge in [-0.15, -0.1) is 0 Å². The molecule has 0 amide bonds. The van der Waals surface area contributed by atoms with E-state index in [9.17, 15) is 0 Å². The number of benzene rings is 1. The van der Waals surface area contributed by atoms with Crippen LogP contribution in [0.15, 0.2) is 30.3 Å². The maximum atomic E-state index is 2.65. The fourth-order valence-corrected chi connectivity index (χ4v) is 78.6. The first-order valence-corrected chi connectivity index (χ1v) is 22.2. The van der Waals surface area contributed by atoms with Crippen molar-refractivity contribution >= 4 is 44.6 Å². The monoisotopic (exact) mass is 322 g/mol. The van der Waals surface area contributed by atoms with Gasteiger partial charge in [0.1, 0.15) is 0 Å². The molecular weight excluding hydrogens is 297 g/mol. The van der Waals surface area contributed by atoms with E-state index in [-0.39, 0.29) is 33.3 Å². The van der Waals surface area contributed by atoms with Crippen LogP contribution in [0.25, 0.3) is 0 Å². The Morgan fingerprint density at radius 3 is 1.39 bits per heavy atom. The fourth-order valence-electron chi connectivity index (χ4n) is 3.53. The average molecular weight is 323 g/mol.